The van der Waals surface area contributed by atoms with Gasteiger partial charge in [-0.3, -0.25) is 0 Å². The summed E-state index contributed by atoms with van der Waals surface area (Å²) in [5.74, 6) is 1.27. The van der Waals surface area contributed by atoms with E-state index in [9.17, 15) is 4.79 Å². The van der Waals surface area contributed by atoms with Crippen LogP contribution in [0.2, 0.25) is 0 Å². The summed E-state index contributed by atoms with van der Waals surface area (Å²) in [5, 5.41) is 4.21. The second-order valence-corrected chi connectivity index (χ2v) is 8.68. The Morgan fingerprint density at radius 3 is 2.56 bits per heavy atom. The van der Waals surface area contributed by atoms with Crippen LogP contribution in [0.4, 0.5) is 10.5 Å². The maximum Gasteiger partial charge on any atom is 0.322 e. The molecule has 0 aliphatic carbocycles. The zero-order valence-corrected chi connectivity index (χ0v) is 19.8. The number of rotatable bonds is 4. The predicted octanol–water partition coefficient (Wildman–Crippen LogP) is 5.38. The number of H-pyrrole nitrogens is 1. The van der Waals surface area contributed by atoms with E-state index < -0.39 is 0 Å². The van der Waals surface area contributed by atoms with Crippen LogP contribution in [0.1, 0.15) is 34.0 Å². The number of hydrogen-bond acceptors (Lipinski definition) is 4. The lowest BCUT2D eigenvalue weighted by molar-refractivity contribution is 0.193. The van der Waals surface area contributed by atoms with Crippen LogP contribution in [-0.2, 0) is 6.42 Å². The fourth-order valence-corrected chi connectivity index (χ4v) is 4.95. The SMILES string of the molecule is COc1ccc(C2c3[nH]c4ncccc4c3CCN2C(=O)Nc2cc(C)cc(C)c2)cc1OC. The van der Waals surface area contributed by atoms with Crippen molar-refractivity contribution in [2.45, 2.75) is 26.3 Å². The number of urea groups is 1. The molecule has 7 heteroatoms. The highest BCUT2D eigenvalue weighted by Crippen LogP contribution is 2.40. The van der Waals surface area contributed by atoms with E-state index >= 15 is 0 Å². The van der Waals surface area contributed by atoms with Crippen LogP contribution in [0, 0.1) is 13.8 Å². The van der Waals surface area contributed by atoms with Gasteiger partial charge in [0.15, 0.2) is 11.5 Å². The Morgan fingerprint density at radius 1 is 1.06 bits per heavy atom. The Labute approximate surface area is 198 Å². The lowest BCUT2D eigenvalue weighted by atomic mass is 9.92. The Balaban J connectivity index is 1.60. The Kier molecular flexibility index (Phi) is 5.61. The highest BCUT2D eigenvalue weighted by atomic mass is 16.5. The summed E-state index contributed by atoms with van der Waals surface area (Å²) < 4.78 is 11.0. The summed E-state index contributed by atoms with van der Waals surface area (Å²) in [7, 11) is 3.23. The summed E-state index contributed by atoms with van der Waals surface area (Å²) in [6, 6.07) is 15.4. The molecule has 174 valence electrons. The molecule has 1 unspecified atom stereocenters. The average Bonchev–Trinajstić information content (AvgIpc) is 3.21. The number of hydrogen-bond donors (Lipinski definition) is 2. The summed E-state index contributed by atoms with van der Waals surface area (Å²) in [6.45, 7) is 4.63. The summed E-state index contributed by atoms with van der Waals surface area (Å²) in [6.07, 6.45) is 2.52. The molecule has 3 heterocycles. The number of aromatic nitrogens is 2. The number of ether oxygens (including phenoxy) is 2. The average molecular weight is 457 g/mol. The van der Waals surface area contributed by atoms with Crippen LogP contribution >= 0.6 is 0 Å². The number of carbonyl (C=O) groups excluding carboxylic acids is 1. The molecule has 7 nitrogen and oxygen atoms in total. The lowest BCUT2D eigenvalue weighted by Crippen LogP contribution is -2.43. The van der Waals surface area contributed by atoms with Gasteiger partial charge in [-0.15, -0.1) is 0 Å². The summed E-state index contributed by atoms with van der Waals surface area (Å²) in [4.78, 5) is 23.5. The highest BCUT2D eigenvalue weighted by Gasteiger charge is 2.35. The molecule has 1 aliphatic heterocycles. The summed E-state index contributed by atoms with van der Waals surface area (Å²) in [5.41, 5.74) is 6.93. The van der Waals surface area contributed by atoms with Crippen molar-refractivity contribution in [3.05, 3.63) is 82.7 Å². The Bertz CT molecular complexity index is 1360. The van der Waals surface area contributed by atoms with Gasteiger partial charge in [-0.2, -0.15) is 0 Å². The van der Waals surface area contributed by atoms with Gasteiger partial charge in [-0.25, -0.2) is 9.78 Å². The van der Waals surface area contributed by atoms with Crippen LogP contribution in [-0.4, -0.2) is 41.7 Å². The van der Waals surface area contributed by atoms with Crippen molar-refractivity contribution >= 4 is 22.8 Å². The highest BCUT2D eigenvalue weighted by molar-refractivity contribution is 5.91. The van der Waals surface area contributed by atoms with Gasteiger partial charge in [0.1, 0.15) is 5.65 Å². The van der Waals surface area contributed by atoms with E-state index in [0.29, 0.717) is 18.0 Å². The number of nitrogens with one attached hydrogen (secondary N) is 2. The van der Waals surface area contributed by atoms with Gasteiger partial charge in [0, 0.05) is 29.5 Å². The number of benzene rings is 2. The zero-order chi connectivity index (χ0) is 23.8. The quantitative estimate of drug-likeness (QED) is 0.432. The zero-order valence-electron chi connectivity index (χ0n) is 19.8. The molecule has 2 amide bonds. The van der Waals surface area contributed by atoms with E-state index in [1.165, 1.54) is 5.56 Å². The van der Waals surface area contributed by atoms with E-state index in [2.05, 4.69) is 27.4 Å². The van der Waals surface area contributed by atoms with Crippen molar-refractivity contribution in [3.8, 4) is 11.5 Å². The van der Waals surface area contributed by atoms with Gasteiger partial charge in [0.2, 0.25) is 0 Å². The molecule has 2 N–H and O–H groups in total. The number of pyridine rings is 1. The third kappa shape index (κ3) is 3.83. The molecule has 0 radical (unpaired) electrons. The molecule has 2 aromatic heterocycles. The molecule has 0 spiro atoms. The predicted molar refractivity (Wildman–Crippen MR) is 133 cm³/mol. The van der Waals surface area contributed by atoms with E-state index in [1.807, 2.05) is 55.1 Å². The maximum absolute atomic E-state index is 13.6. The number of aromatic amines is 1. The van der Waals surface area contributed by atoms with Crippen molar-refractivity contribution < 1.29 is 14.3 Å². The molecule has 0 fully saturated rings. The van der Waals surface area contributed by atoms with E-state index in [0.717, 1.165) is 45.5 Å². The number of amides is 2. The van der Waals surface area contributed by atoms with Gasteiger partial charge in [0.25, 0.3) is 0 Å². The second-order valence-electron chi connectivity index (χ2n) is 8.68. The first-order valence-electron chi connectivity index (χ1n) is 11.3. The van der Waals surface area contributed by atoms with Crippen LogP contribution in [0.5, 0.6) is 11.5 Å². The molecule has 0 saturated carbocycles. The fourth-order valence-electron chi connectivity index (χ4n) is 4.95. The van der Waals surface area contributed by atoms with Gasteiger partial charge in [-0.05, 0) is 78.9 Å². The maximum atomic E-state index is 13.6. The standard InChI is InChI=1S/C27H28N4O3/c1-16-12-17(2)14-19(13-16)29-27(32)31-11-9-20-21-6-5-10-28-26(21)30-24(20)25(31)18-7-8-22(33-3)23(15-18)34-4/h5-8,10,12-15,25H,9,11H2,1-4H3,(H,28,30)(H,29,32). The van der Waals surface area contributed by atoms with E-state index in [4.69, 9.17) is 9.47 Å². The van der Waals surface area contributed by atoms with Gasteiger partial charge >= 0.3 is 6.03 Å². The van der Waals surface area contributed by atoms with Crippen LogP contribution in [0.15, 0.2) is 54.7 Å². The van der Waals surface area contributed by atoms with Crippen LogP contribution in [0.3, 0.4) is 0 Å². The monoisotopic (exact) mass is 456 g/mol. The number of fused-ring (bicyclic) bond motifs is 3. The van der Waals surface area contributed by atoms with Crippen LogP contribution < -0.4 is 14.8 Å². The normalized spacial score (nSPS) is 15.2. The first-order valence-corrected chi connectivity index (χ1v) is 11.3. The largest absolute Gasteiger partial charge is 0.493 e. The molecule has 34 heavy (non-hydrogen) atoms. The first kappa shape index (κ1) is 21.8. The summed E-state index contributed by atoms with van der Waals surface area (Å²) >= 11 is 0. The Morgan fingerprint density at radius 2 is 1.82 bits per heavy atom. The molecule has 4 aromatic rings. The van der Waals surface area contributed by atoms with E-state index in [1.54, 1.807) is 20.4 Å². The van der Waals surface area contributed by atoms with Gasteiger partial charge in [0.05, 0.1) is 20.3 Å². The first-order chi connectivity index (χ1) is 16.5. The number of anilines is 1. The van der Waals surface area contributed by atoms with Gasteiger partial charge in [-0.1, -0.05) is 12.1 Å². The van der Waals surface area contributed by atoms with Crippen molar-refractivity contribution in [2.75, 3.05) is 26.1 Å². The molecule has 0 bridgehead atoms. The molecular formula is C27H28N4O3. The number of methoxy groups -OCH3 is 2. The third-order valence-electron chi connectivity index (χ3n) is 6.36. The van der Waals surface area contributed by atoms with Crippen molar-refractivity contribution in [3.63, 3.8) is 0 Å². The minimum atomic E-state index is -0.330. The van der Waals surface area contributed by atoms with Crippen LogP contribution in [0.25, 0.3) is 11.0 Å². The van der Waals surface area contributed by atoms with Crippen molar-refractivity contribution in [1.29, 1.82) is 0 Å². The number of nitrogens with zero attached hydrogens (tertiary/aromatic N) is 2. The number of aryl methyl sites for hydroxylation is 2. The van der Waals surface area contributed by atoms with E-state index in [-0.39, 0.29) is 12.1 Å². The molecular weight excluding hydrogens is 428 g/mol. The third-order valence-corrected chi connectivity index (χ3v) is 6.36. The minimum Gasteiger partial charge on any atom is -0.493 e. The lowest BCUT2D eigenvalue weighted by Gasteiger charge is -2.36. The number of carbonyl (C=O) groups is 1. The smallest absolute Gasteiger partial charge is 0.322 e. The molecule has 0 saturated heterocycles. The molecule has 1 aliphatic rings. The fraction of sp³-hybridized carbons (Fsp3) is 0.259. The molecule has 5 rings (SSSR count). The minimum absolute atomic E-state index is 0.151. The topological polar surface area (TPSA) is 79.5 Å². The molecule has 1 atom stereocenters. The van der Waals surface area contributed by atoms with Crippen molar-refractivity contribution in [1.82, 2.24) is 14.9 Å². The second kappa shape index (κ2) is 8.74. The van der Waals surface area contributed by atoms with Crippen molar-refractivity contribution in [2.24, 2.45) is 0 Å². The van der Waals surface area contributed by atoms with Gasteiger partial charge < -0.3 is 24.7 Å². The molecule has 2 aromatic carbocycles. The Hall–Kier alpha value is -4.00.